The molecule has 5 heteroatoms. The van der Waals surface area contributed by atoms with Crippen molar-refractivity contribution in [1.29, 1.82) is 0 Å². The molecule has 0 aliphatic carbocycles. The molecule has 2 N–H and O–H groups in total. The molecule has 1 aliphatic heterocycles. The minimum atomic E-state index is -0.969. The van der Waals surface area contributed by atoms with Crippen molar-refractivity contribution in [3.8, 4) is 0 Å². The van der Waals surface area contributed by atoms with Crippen LogP contribution >= 0.6 is 0 Å². The zero-order chi connectivity index (χ0) is 13.1. The molecular weight excluding hydrogens is 220 g/mol. The lowest BCUT2D eigenvalue weighted by Crippen LogP contribution is -2.51. The molecule has 1 unspecified atom stereocenters. The van der Waals surface area contributed by atoms with Gasteiger partial charge in [-0.25, -0.2) is 4.79 Å². The first-order valence-electron chi connectivity index (χ1n) is 6.02. The van der Waals surface area contributed by atoms with Crippen LogP contribution in [-0.4, -0.2) is 47.6 Å². The highest BCUT2D eigenvalue weighted by molar-refractivity contribution is 5.82. The summed E-state index contributed by atoms with van der Waals surface area (Å²) in [6.07, 6.45) is 2.25. The Balaban J connectivity index is 2.55. The molecule has 1 fully saturated rings. The highest BCUT2D eigenvalue weighted by Crippen LogP contribution is 2.28. The molecule has 0 spiro atoms. The van der Waals surface area contributed by atoms with Crippen LogP contribution in [0.15, 0.2) is 0 Å². The molecule has 1 saturated heterocycles. The molecule has 1 amide bonds. The summed E-state index contributed by atoms with van der Waals surface area (Å²) in [7, 11) is 0. The minimum Gasteiger partial charge on any atom is -0.480 e. The molecule has 98 valence electrons. The largest absolute Gasteiger partial charge is 0.480 e. The second-order valence-corrected chi connectivity index (χ2v) is 5.59. The third-order valence-corrected chi connectivity index (χ3v) is 3.10. The Kier molecular flexibility index (Phi) is 4.51. The maximum absolute atomic E-state index is 11.0. The number of carboxylic acids is 1. The average Bonchev–Trinajstić information content (AvgIpc) is 2.14. The predicted octanol–water partition coefficient (Wildman–Crippen LogP) is 0.698. The molecule has 1 aliphatic rings. The Morgan fingerprint density at radius 3 is 2.59 bits per heavy atom. The summed E-state index contributed by atoms with van der Waals surface area (Å²) in [6.45, 7) is 7.90. The maximum atomic E-state index is 11.0. The topological polar surface area (TPSA) is 69.6 Å². The number of nitrogens with one attached hydrogen (secondary N) is 1. The molecule has 17 heavy (non-hydrogen) atoms. The fourth-order valence-corrected chi connectivity index (χ4v) is 2.39. The maximum Gasteiger partial charge on any atom is 0.327 e. The van der Waals surface area contributed by atoms with Crippen LogP contribution in [0.3, 0.4) is 0 Å². The number of likely N-dealkylation sites (tertiary alicyclic amines) is 1. The third kappa shape index (κ3) is 4.73. The van der Waals surface area contributed by atoms with Crippen molar-refractivity contribution < 1.29 is 14.7 Å². The Hall–Kier alpha value is -1.10. The van der Waals surface area contributed by atoms with Gasteiger partial charge in [-0.1, -0.05) is 13.8 Å². The number of nitrogens with zero attached hydrogens (tertiary/aromatic N) is 1. The molecule has 0 aromatic heterocycles. The van der Waals surface area contributed by atoms with Gasteiger partial charge < -0.3 is 15.3 Å². The van der Waals surface area contributed by atoms with Crippen LogP contribution in [-0.2, 0) is 9.59 Å². The number of hydrogen-bond donors (Lipinski definition) is 2. The summed E-state index contributed by atoms with van der Waals surface area (Å²) in [5.74, 6) is -1.27. The summed E-state index contributed by atoms with van der Waals surface area (Å²) in [6, 6.07) is -0.804. The molecule has 1 rings (SSSR count). The van der Waals surface area contributed by atoms with E-state index in [4.69, 9.17) is 5.11 Å². The van der Waals surface area contributed by atoms with Gasteiger partial charge in [0, 0.05) is 20.0 Å². The Labute approximate surface area is 102 Å². The molecule has 5 nitrogen and oxygen atoms in total. The van der Waals surface area contributed by atoms with Crippen molar-refractivity contribution in [2.75, 3.05) is 19.6 Å². The van der Waals surface area contributed by atoms with Crippen LogP contribution < -0.4 is 5.32 Å². The number of rotatable bonds is 4. The van der Waals surface area contributed by atoms with Crippen LogP contribution in [0.25, 0.3) is 0 Å². The highest BCUT2D eigenvalue weighted by atomic mass is 16.4. The molecule has 1 heterocycles. The van der Waals surface area contributed by atoms with E-state index in [9.17, 15) is 9.59 Å². The molecule has 0 aromatic carbocycles. The van der Waals surface area contributed by atoms with E-state index in [1.54, 1.807) is 0 Å². The van der Waals surface area contributed by atoms with Gasteiger partial charge in [-0.2, -0.15) is 0 Å². The summed E-state index contributed by atoms with van der Waals surface area (Å²) in [5.41, 5.74) is 0.234. The molecule has 1 atom stereocenters. The van der Waals surface area contributed by atoms with E-state index >= 15 is 0 Å². The van der Waals surface area contributed by atoms with Crippen molar-refractivity contribution in [1.82, 2.24) is 10.2 Å². The van der Waals surface area contributed by atoms with Gasteiger partial charge in [-0.15, -0.1) is 0 Å². The van der Waals surface area contributed by atoms with Gasteiger partial charge in [-0.3, -0.25) is 4.79 Å². The van der Waals surface area contributed by atoms with Crippen molar-refractivity contribution in [2.24, 2.45) is 5.41 Å². The Morgan fingerprint density at radius 2 is 2.12 bits per heavy atom. The van der Waals surface area contributed by atoms with E-state index < -0.39 is 12.0 Å². The zero-order valence-electron chi connectivity index (χ0n) is 10.8. The lowest BCUT2D eigenvalue weighted by atomic mass is 9.84. The van der Waals surface area contributed by atoms with E-state index in [1.165, 1.54) is 13.3 Å². The van der Waals surface area contributed by atoms with Crippen LogP contribution in [0.1, 0.15) is 33.6 Å². The average molecular weight is 242 g/mol. The quantitative estimate of drug-likeness (QED) is 0.761. The fourth-order valence-electron chi connectivity index (χ4n) is 2.39. The van der Waals surface area contributed by atoms with Crippen molar-refractivity contribution in [2.45, 2.75) is 39.7 Å². The molecule has 0 saturated carbocycles. The number of amides is 1. The van der Waals surface area contributed by atoms with Crippen molar-refractivity contribution >= 4 is 11.9 Å². The molecular formula is C12H22N2O3. The van der Waals surface area contributed by atoms with E-state index in [2.05, 4.69) is 24.1 Å². The third-order valence-electron chi connectivity index (χ3n) is 3.10. The van der Waals surface area contributed by atoms with Gasteiger partial charge in [-0.05, 0) is 24.8 Å². The second-order valence-electron chi connectivity index (χ2n) is 5.59. The zero-order valence-corrected chi connectivity index (χ0v) is 10.8. The number of carbonyl (C=O) groups excluding carboxylic acids is 1. The number of hydrogen-bond acceptors (Lipinski definition) is 3. The van der Waals surface area contributed by atoms with E-state index in [0.29, 0.717) is 6.54 Å². The SMILES string of the molecule is CC(=O)NC(CN1CCCC(C)(C)C1)C(=O)O. The van der Waals surface area contributed by atoms with Gasteiger partial charge in [0.25, 0.3) is 0 Å². The summed E-state index contributed by atoms with van der Waals surface area (Å²) in [4.78, 5) is 24.1. The summed E-state index contributed by atoms with van der Waals surface area (Å²) >= 11 is 0. The lowest BCUT2D eigenvalue weighted by Gasteiger charge is -2.39. The molecule has 0 bridgehead atoms. The van der Waals surface area contributed by atoms with Crippen molar-refractivity contribution in [3.63, 3.8) is 0 Å². The molecule has 0 aromatic rings. The van der Waals surface area contributed by atoms with E-state index in [0.717, 1.165) is 19.5 Å². The van der Waals surface area contributed by atoms with Crippen LogP contribution in [0.4, 0.5) is 0 Å². The summed E-state index contributed by atoms with van der Waals surface area (Å²) < 4.78 is 0. The van der Waals surface area contributed by atoms with Gasteiger partial charge in [0.05, 0.1) is 0 Å². The first kappa shape index (κ1) is 14.0. The standard InChI is InChI=1S/C12H22N2O3/c1-9(15)13-10(11(16)17)7-14-6-4-5-12(2,3)8-14/h10H,4-8H2,1-3H3,(H,13,15)(H,16,17). The first-order valence-corrected chi connectivity index (χ1v) is 6.02. The van der Waals surface area contributed by atoms with Gasteiger partial charge in [0.15, 0.2) is 0 Å². The van der Waals surface area contributed by atoms with Crippen LogP contribution in [0.5, 0.6) is 0 Å². The Bertz CT molecular complexity index is 302. The number of carbonyl (C=O) groups is 2. The summed E-state index contributed by atoms with van der Waals surface area (Å²) in [5, 5.41) is 11.5. The Morgan fingerprint density at radius 1 is 1.47 bits per heavy atom. The monoisotopic (exact) mass is 242 g/mol. The van der Waals surface area contributed by atoms with Crippen LogP contribution in [0, 0.1) is 5.41 Å². The molecule has 0 radical (unpaired) electrons. The highest BCUT2D eigenvalue weighted by Gasteiger charge is 2.29. The fraction of sp³-hybridized carbons (Fsp3) is 0.833. The first-order chi connectivity index (χ1) is 7.80. The van der Waals surface area contributed by atoms with Gasteiger partial charge >= 0.3 is 5.97 Å². The smallest absolute Gasteiger partial charge is 0.327 e. The van der Waals surface area contributed by atoms with E-state index in [1.807, 2.05) is 0 Å². The second kappa shape index (κ2) is 5.49. The number of carboxylic acid groups (broad SMARTS) is 1. The van der Waals surface area contributed by atoms with Gasteiger partial charge in [0.1, 0.15) is 6.04 Å². The van der Waals surface area contributed by atoms with E-state index in [-0.39, 0.29) is 11.3 Å². The number of piperidine rings is 1. The lowest BCUT2D eigenvalue weighted by molar-refractivity contribution is -0.142. The normalized spacial score (nSPS) is 21.8. The number of aliphatic carboxylic acids is 1. The van der Waals surface area contributed by atoms with Crippen molar-refractivity contribution in [3.05, 3.63) is 0 Å². The predicted molar refractivity (Wildman–Crippen MR) is 64.7 cm³/mol. The minimum absolute atomic E-state index is 0.234. The van der Waals surface area contributed by atoms with Crippen LogP contribution in [0.2, 0.25) is 0 Å². The van der Waals surface area contributed by atoms with Gasteiger partial charge in [0.2, 0.25) is 5.91 Å².